The Balaban J connectivity index is 1.39. The number of nitrogens with zero attached hydrogens (tertiary/aromatic N) is 3. The Labute approximate surface area is 226 Å². The van der Waals surface area contributed by atoms with Crippen LogP contribution in [-0.2, 0) is 16.6 Å². The van der Waals surface area contributed by atoms with Gasteiger partial charge in [0.15, 0.2) is 0 Å². The molecule has 0 bridgehead atoms. The molecule has 0 aliphatic carbocycles. The molecule has 0 saturated carbocycles. The van der Waals surface area contributed by atoms with Gasteiger partial charge in [0.2, 0.25) is 0 Å². The molecule has 0 unspecified atom stereocenters. The molecule has 0 spiro atoms. The number of ether oxygens (including phenoxy) is 1. The monoisotopic (exact) mass is 542 g/mol. The van der Waals surface area contributed by atoms with Crippen LogP contribution in [0.25, 0.3) is 16.9 Å². The Morgan fingerprint density at radius 1 is 0.868 bits per heavy atom. The molecular weight excluding hydrogens is 520 g/mol. The number of hydrogen-bond donors (Lipinski definition) is 1. The van der Waals surface area contributed by atoms with Crippen LogP contribution >= 0.6 is 11.6 Å². The number of hydrazone groups is 1. The van der Waals surface area contributed by atoms with E-state index in [0.717, 1.165) is 22.6 Å². The average Bonchev–Trinajstić information content (AvgIpc) is 3.37. The van der Waals surface area contributed by atoms with E-state index < -0.39 is 10.0 Å². The first-order valence-corrected chi connectivity index (χ1v) is 13.6. The maximum absolute atomic E-state index is 12.6. The Hall–Kier alpha value is -4.40. The second-order valence-corrected chi connectivity index (χ2v) is 10.4. The largest absolute Gasteiger partial charge is 0.489 e. The van der Waals surface area contributed by atoms with Crippen molar-refractivity contribution in [2.75, 3.05) is 0 Å². The fourth-order valence-corrected chi connectivity index (χ4v) is 4.62. The summed E-state index contributed by atoms with van der Waals surface area (Å²) in [7, 11) is -3.86. The fraction of sp³-hybridized carbons (Fsp3) is 0.0345. The molecule has 0 radical (unpaired) electrons. The number of nitrogens with one attached hydrogen (secondary N) is 1. The maximum atomic E-state index is 12.6. The molecule has 0 saturated heterocycles. The zero-order valence-corrected chi connectivity index (χ0v) is 21.7. The second-order valence-electron chi connectivity index (χ2n) is 8.32. The first-order valence-electron chi connectivity index (χ1n) is 11.7. The Morgan fingerprint density at radius 3 is 2.21 bits per heavy atom. The molecule has 0 amide bonds. The lowest BCUT2D eigenvalue weighted by atomic mass is 10.1. The highest BCUT2D eigenvalue weighted by Gasteiger charge is 2.14. The van der Waals surface area contributed by atoms with Crippen molar-refractivity contribution in [1.82, 2.24) is 14.6 Å². The van der Waals surface area contributed by atoms with Gasteiger partial charge in [-0.05, 0) is 66.2 Å². The molecule has 5 aromatic rings. The summed E-state index contributed by atoms with van der Waals surface area (Å²) < 4.78 is 32.9. The normalized spacial score (nSPS) is 11.5. The summed E-state index contributed by atoms with van der Waals surface area (Å²) in [5.41, 5.74) is 4.04. The minimum absolute atomic E-state index is 0.0605. The maximum Gasteiger partial charge on any atom is 0.276 e. The summed E-state index contributed by atoms with van der Waals surface area (Å²) in [6.07, 6.45) is 3.24. The summed E-state index contributed by atoms with van der Waals surface area (Å²) >= 11 is 5.87. The molecule has 4 aromatic carbocycles. The number of halogens is 1. The third-order valence-electron chi connectivity index (χ3n) is 5.64. The number of aromatic nitrogens is 2. The molecule has 0 fully saturated rings. The van der Waals surface area contributed by atoms with Crippen molar-refractivity contribution in [2.24, 2.45) is 5.10 Å². The van der Waals surface area contributed by atoms with Gasteiger partial charge in [-0.1, -0.05) is 60.1 Å². The molecule has 5 rings (SSSR count). The quantitative estimate of drug-likeness (QED) is 0.180. The first-order chi connectivity index (χ1) is 18.5. The van der Waals surface area contributed by atoms with Gasteiger partial charge in [0, 0.05) is 22.3 Å². The molecule has 0 atom stereocenters. The van der Waals surface area contributed by atoms with E-state index in [1.165, 1.54) is 30.5 Å². The first kappa shape index (κ1) is 25.3. The smallest absolute Gasteiger partial charge is 0.276 e. The minimum Gasteiger partial charge on any atom is -0.489 e. The predicted molar refractivity (Wildman–Crippen MR) is 149 cm³/mol. The van der Waals surface area contributed by atoms with Gasteiger partial charge >= 0.3 is 0 Å². The molecule has 190 valence electrons. The number of hydrogen-bond acceptors (Lipinski definition) is 5. The van der Waals surface area contributed by atoms with Crippen LogP contribution in [0.3, 0.4) is 0 Å². The third-order valence-corrected chi connectivity index (χ3v) is 7.13. The van der Waals surface area contributed by atoms with E-state index >= 15 is 0 Å². The Bertz CT molecular complexity index is 1640. The fourth-order valence-electron chi connectivity index (χ4n) is 3.70. The topological polar surface area (TPSA) is 85.6 Å². The zero-order chi connectivity index (χ0) is 26.4. The van der Waals surface area contributed by atoms with E-state index in [0.29, 0.717) is 22.9 Å². The summed E-state index contributed by atoms with van der Waals surface area (Å²) in [5.74, 6) is 0.728. The van der Waals surface area contributed by atoms with Crippen molar-refractivity contribution in [2.45, 2.75) is 11.5 Å². The number of rotatable bonds is 9. The van der Waals surface area contributed by atoms with Crippen LogP contribution in [0.1, 0.15) is 11.1 Å². The number of sulfonamides is 1. The summed E-state index contributed by atoms with van der Waals surface area (Å²) in [4.78, 5) is 2.31. The highest BCUT2D eigenvalue weighted by atomic mass is 35.5. The van der Waals surface area contributed by atoms with Gasteiger partial charge in [-0.2, -0.15) is 18.6 Å². The van der Waals surface area contributed by atoms with Crippen LogP contribution in [0.4, 0.5) is 0 Å². The highest BCUT2D eigenvalue weighted by Crippen LogP contribution is 2.25. The van der Waals surface area contributed by atoms with Crippen molar-refractivity contribution in [3.63, 3.8) is 0 Å². The summed E-state index contributed by atoms with van der Waals surface area (Å²) in [6, 6.07) is 33.0. The van der Waals surface area contributed by atoms with Gasteiger partial charge in [0.1, 0.15) is 18.1 Å². The van der Waals surface area contributed by atoms with Gasteiger partial charge in [0.25, 0.3) is 10.0 Å². The van der Waals surface area contributed by atoms with Crippen molar-refractivity contribution < 1.29 is 13.2 Å². The zero-order valence-electron chi connectivity index (χ0n) is 20.1. The van der Waals surface area contributed by atoms with Crippen LogP contribution in [-0.4, -0.2) is 24.4 Å². The van der Waals surface area contributed by atoms with Crippen LogP contribution < -0.4 is 9.57 Å². The lowest BCUT2D eigenvalue weighted by molar-refractivity contribution is 0.306. The molecular formula is C29H23ClN4O3S. The van der Waals surface area contributed by atoms with E-state index in [1.54, 1.807) is 10.9 Å². The minimum atomic E-state index is -3.86. The van der Waals surface area contributed by atoms with E-state index in [1.807, 2.05) is 84.9 Å². The van der Waals surface area contributed by atoms with E-state index in [4.69, 9.17) is 21.4 Å². The number of para-hydroxylation sites is 1. The summed E-state index contributed by atoms with van der Waals surface area (Å²) in [6.45, 7) is 0.467. The predicted octanol–water partition coefficient (Wildman–Crippen LogP) is 6.08. The SMILES string of the molecule is O=S(=O)(NN=Cc1cn(-c2ccccc2)nc1-c1ccc(OCc2ccccc2)cc1)c1ccc(Cl)cc1. The van der Waals surface area contributed by atoms with E-state index in [2.05, 4.69) is 9.93 Å². The van der Waals surface area contributed by atoms with E-state index in [-0.39, 0.29) is 4.90 Å². The molecule has 1 heterocycles. The van der Waals surface area contributed by atoms with Crippen LogP contribution in [0.5, 0.6) is 5.75 Å². The molecule has 9 heteroatoms. The average molecular weight is 543 g/mol. The second kappa shape index (κ2) is 11.3. The molecule has 1 aromatic heterocycles. The number of benzene rings is 4. The molecule has 7 nitrogen and oxygen atoms in total. The Kier molecular flexibility index (Phi) is 7.53. The molecule has 0 aliphatic heterocycles. The standard InChI is InChI=1S/C29H23ClN4O3S/c30-25-13-17-28(18-14-25)38(35,36)33-31-19-24-20-34(26-9-5-2-6-10-26)32-29(24)23-11-15-27(16-12-23)37-21-22-7-3-1-4-8-22/h1-20,33H,21H2. The molecule has 0 aliphatic rings. The lowest BCUT2D eigenvalue weighted by Gasteiger charge is -2.07. The molecule has 1 N–H and O–H groups in total. The van der Waals surface area contributed by atoms with Gasteiger partial charge in [-0.3, -0.25) is 0 Å². The van der Waals surface area contributed by atoms with Gasteiger partial charge in [-0.15, -0.1) is 0 Å². The Morgan fingerprint density at radius 2 is 1.53 bits per heavy atom. The van der Waals surface area contributed by atoms with Crippen molar-refractivity contribution >= 4 is 27.8 Å². The van der Waals surface area contributed by atoms with Gasteiger partial charge < -0.3 is 4.74 Å². The summed E-state index contributed by atoms with van der Waals surface area (Å²) in [5, 5.41) is 9.21. The van der Waals surface area contributed by atoms with Crippen LogP contribution in [0.15, 0.2) is 125 Å². The molecule has 38 heavy (non-hydrogen) atoms. The van der Waals surface area contributed by atoms with Crippen LogP contribution in [0.2, 0.25) is 5.02 Å². The highest BCUT2D eigenvalue weighted by molar-refractivity contribution is 7.89. The van der Waals surface area contributed by atoms with Gasteiger partial charge in [0.05, 0.1) is 16.8 Å². The van der Waals surface area contributed by atoms with Crippen LogP contribution in [0, 0.1) is 0 Å². The lowest BCUT2D eigenvalue weighted by Crippen LogP contribution is -2.18. The van der Waals surface area contributed by atoms with E-state index in [9.17, 15) is 8.42 Å². The van der Waals surface area contributed by atoms with Gasteiger partial charge in [-0.25, -0.2) is 9.51 Å². The van der Waals surface area contributed by atoms with Crippen molar-refractivity contribution in [3.8, 4) is 22.7 Å². The van der Waals surface area contributed by atoms with Crippen molar-refractivity contribution in [1.29, 1.82) is 0 Å². The van der Waals surface area contributed by atoms with Crippen molar-refractivity contribution in [3.05, 3.63) is 132 Å². The third kappa shape index (κ3) is 6.11.